The lowest BCUT2D eigenvalue weighted by Gasteiger charge is -2.10. The van der Waals surface area contributed by atoms with E-state index < -0.39 is 0 Å². The fraction of sp³-hybridized carbons (Fsp3) is 0. The lowest BCUT2D eigenvalue weighted by atomic mass is 10.0. The minimum atomic E-state index is 0.550. The number of rotatable bonds is 5. The topological polar surface area (TPSA) is 56.4 Å². The van der Waals surface area contributed by atoms with Crippen LogP contribution in [0.5, 0.6) is 0 Å². The summed E-state index contributed by atoms with van der Waals surface area (Å²) in [5, 5.41) is 15.7. The highest BCUT2D eigenvalue weighted by atomic mass is 35.5. The molecule has 20 aromatic rings. The molecule has 6 nitrogen and oxygen atoms in total. The fourth-order valence-electron chi connectivity index (χ4n) is 15.8. The number of benzene rings is 14. The molecule has 22 rings (SSSR count). The zero-order valence-electron chi connectivity index (χ0n) is 52.3. The van der Waals surface area contributed by atoms with Crippen molar-refractivity contribution in [2.45, 2.75) is 0 Å². The number of nitrogens with zero attached hydrogens (tertiary/aromatic N) is 5. The van der Waals surface area contributed by atoms with Crippen LogP contribution in [-0.4, -0.2) is 28.7 Å². The molecule has 97 heavy (non-hydrogen) atoms. The molecular weight excluding hydrogens is 1200 g/mol. The third-order valence-electron chi connectivity index (χ3n) is 20.1. The Morgan fingerprint density at radius 2 is 0.629 bits per heavy atom. The maximum Gasteiger partial charge on any atom is 0.138 e. The Kier molecular flexibility index (Phi) is 12.3. The molecule has 14 aromatic carbocycles. The SMILES string of the molecule is Clc1ccc2c(n1)-c1cccc3cccc-2c13.c1ccc(-n2c3ccccc3c3cc(-c4ccc5[nH]c6ccccc6c5c4)ccc32)cc1.c1ccc(-n2c3ccccc3c3cc(-c4ccc5c(c4)c4ccccc4n5-c4ccc5c(n4)-c4cccc6cccc-5c46)ccc32)cc1. The highest BCUT2D eigenvalue weighted by molar-refractivity contribution is 6.30. The Morgan fingerprint density at radius 1 is 0.247 bits per heavy atom. The first kappa shape index (κ1) is 54.9. The van der Waals surface area contributed by atoms with E-state index in [0.29, 0.717) is 5.15 Å². The molecule has 7 heteroatoms. The van der Waals surface area contributed by atoms with Crippen molar-refractivity contribution in [2.24, 2.45) is 0 Å². The van der Waals surface area contributed by atoms with E-state index in [0.717, 1.165) is 28.2 Å². The van der Waals surface area contributed by atoms with Gasteiger partial charge in [0.15, 0.2) is 0 Å². The number of H-pyrrole nitrogens is 1. The zero-order valence-corrected chi connectivity index (χ0v) is 53.0. The predicted molar refractivity (Wildman–Crippen MR) is 407 cm³/mol. The van der Waals surface area contributed by atoms with Gasteiger partial charge in [0.05, 0.1) is 44.5 Å². The van der Waals surface area contributed by atoms with Crippen LogP contribution in [-0.2, 0) is 0 Å². The van der Waals surface area contributed by atoms with E-state index in [1.165, 1.54) is 165 Å². The molecule has 0 saturated heterocycles. The van der Waals surface area contributed by atoms with E-state index in [1.807, 2.05) is 6.07 Å². The van der Waals surface area contributed by atoms with Crippen LogP contribution in [0.2, 0.25) is 5.15 Å². The number of nitrogens with one attached hydrogen (secondary N) is 1. The molecule has 2 aliphatic rings. The minimum absolute atomic E-state index is 0.550. The van der Waals surface area contributed by atoms with Crippen molar-refractivity contribution in [3.63, 3.8) is 0 Å². The van der Waals surface area contributed by atoms with Crippen LogP contribution in [0.3, 0.4) is 0 Å². The van der Waals surface area contributed by atoms with Crippen molar-refractivity contribution < 1.29 is 0 Å². The normalized spacial score (nSPS) is 12.0. The van der Waals surface area contributed by atoms with E-state index in [4.69, 9.17) is 16.6 Å². The number of pyridine rings is 2. The maximum atomic E-state index is 5.99. The zero-order chi connectivity index (χ0) is 63.8. The first-order chi connectivity index (χ1) is 48.0. The van der Waals surface area contributed by atoms with Gasteiger partial charge in [-0.25, -0.2) is 9.97 Å². The standard InChI is InChI=1S/C45H27N3.C30H20N2.C15H8ClN/c1-2-12-31(13-3-1)47-39-18-6-4-14-32(39)37-26-29(20-23-41(37)47)30-21-24-42-38(27-30)33-15-5-7-19-40(33)48(42)43-25-22-35-34-16-8-10-28-11-9-17-36(44(28)34)45(35)46-43;1-2-8-22(9-3-1)32-29-13-7-5-11-24(29)26-19-21(15-17-30(26)32)20-14-16-28-25(18-20)23-10-4-6-12-27(23)31-28;16-13-8-7-11-10-5-1-3-9-4-2-6-12(14(9)10)15(11)17-13/h1-27H;1-19,31H;1-8H. The Morgan fingerprint density at radius 3 is 1.14 bits per heavy atom. The Balaban J connectivity index is 0.000000111. The number of aromatic amines is 1. The van der Waals surface area contributed by atoms with E-state index >= 15 is 0 Å². The second-order valence-corrected chi connectivity index (χ2v) is 25.8. The molecular formula is C90H55ClN6. The average molecular weight is 1260 g/mol. The first-order valence-corrected chi connectivity index (χ1v) is 33.4. The third-order valence-corrected chi connectivity index (χ3v) is 20.3. The van der Waals surface area contributed by atoms with Crippen LogP contribution >= 0.6 is 11.6 Å². The summed E-state index contributed by atoms with van der Waals surface area (Å²) >= 11 is 5.99. The lowest BCUT2D eigenvalue weighted by Crippen LogP contribution is -1.98. The van der Waals surface area contributed by atoms with Gasteiger partial charge in [0.1, 0.15) is 11.0 Å². The largest absolute Gasteiger partial charge is 0.355 e. The van der Waals surface area contributed by atoms with Gasteiger partial charge >= 0.3 is 0 Å². The summed E-state index contributed by atoms with van der Waals surface area (Å²) < 4.78 is 7.06. The molecule has 6 aromatic heterocycles. The third kappa shape index (κ3) is 8.60. The molecule has 0 bridgehead atoms. The summed E-state index contributed by atoms with van der Waals surface area (Å²) in [6.07, 6.45) is 0. The summed E-state index contributed by atoms with van der Waals surface area (Å²) in [4.78, 5) is 13.4. The van der Waals surface area contributed by atoms with Crippen molar-refractivity contribution in [2.75, 3.05) is 0 Å². The van der Waals surface area contributed by atoms with Gasteiger partial charge in [0.2, 0.25) is 0 Å². The van der Waals surface area contributed by atoms with Crippen LogP contribution in [0.1, 0.15) is 0 Å². The average Bonchev–Trinajstić information content (AvgIpc) is 1.15. The van der Waals surface area contributed by atoms with E-state index in [9.17, 15) is 0 Å². The number of para-hydroxylation sites is 6. The molecule has 0 radical (unpaired) electrons. The molecule has 0 fully saturated rings. The van der Waals surface area contributed by atoms with Crippen LogP contribution < -0.4 is 0 Å². The van der Waals surface area contributed by atoms with Crippen LogP contribution in [0.4, 0.5) is 0 Å². The summed E-state index contributed by atoms with van der Waals surface area (Å²) in [6, 6.07) is 117. The number of aromatic nitrogens is 6. The molecule has 0 unspecified atom stereocenters. The van der Waals surface area contributed by atoms with Crippen molar-refractivity contribution in [3.8, 4) is 84.2 Å². The molecule has 0 amide bonds. The van der Waals surface area contributed by atoms with Crippen molar-refractivity contribution in [1.82, 2.24) is 28.7 Å². The molecule has 452 valence electrons. The van der Waals surface area contributed by atoms with Gasteiger partial charge in [-0.2, -0.15) is 0 Å². The van der Waals surface area contributed by atoms with E-state index in [2.05, 4.69) is 345 Å². The van der Waals surface area contributed by atoms with Gasteiger partial charge in [-0.3, -0.25) is 4.57 Å². The quantitative estimate of drug-likeness (QED) is 0.175. The van der Waals surface area contributed by atoms with Gasteiger partial charge in [-0.15, -0.1) is 0 Å². The monoisotopic (exact) mass is 1250 g/mol. The van der Waals surface area contributed by atoms with Crippen LogP contribution in [0.25, 0.3) is 193 Å². The fourth-order valence-corrected chi connectivity index (χ4v) is 16.0. The first-order valence-electron chi connectivity index (χ1n) is 33.0. The second kappa shape index (κ2) is 21.7. The number of hydrogen-bond acceptors (Lipinski definition) is 2. The van der Waals surface area contributed by atoms with Crippen LogP contribution in [0.15, 0.2) is 328 Å². The number of halogens is 1. The predicted octanol–water partition coefficient (Wildman–Crippen LogP) is 24.4. The molecule has 0 saturated carbocycles. The van der Waals surface area contributed by atoms with Crippen molar-refractivity contribution >= 4 is 120 Å². The summed E-state index contributed by atoms with van der Waals surface area (Å²) in [5.74, 6) is 0.938. The molecule has 0 aliphatic heterocycles. The maximum absolute atomic E-state index is 5.99. The molecule has 6 heterocycles. The number of fused-ring (bicyclic) bond motifs is 18. The smallest absolute Gasteiger partial charge is 0.138 e. The molecule has 0 spiro atoms. The molecule has 2 aliphatic carbocycles. The Hall–Kier alpha value is -12.6. The lowest BCUT2D eigenvalue weighted by molar-refractivity contribution is 1.09. The Labute approximate surface area is 562 Å². The van der Waals surface area contributed by atoms with Gasteiger partial charge < -0.3 is 14.1 Å². The highest BCUT2D eigenvalue weighted by Crippen LogP contribution is 2.49. The van der Waals surface area contributed by atoms with Gasteiger partial charge in [-0.05, 0) is 176 Å². The van der Waals surface area contributed by atoms with E-state index in [-0.39, 0.29) is 0 Å². The summed E-state index contributed by atoms with van der Waals surface area (Å²) in [6.45, 7) is 0. The van der Waals surface area contributed by atoms with Crippen molar-refractivity contribution in [3.05, 3.63) is 333 Å². The molecule has 1 N–H and O–H groups in total. The number of hydrogen-bond donors (Lipinski definition) is 1. The minimum Gasteiger partial charge on any atom is -0.355 e. The van der Waals surface area contributed by atoms with Crippen molar-refractivity contribution in [1.29, 1.82) is 0 Å². The summed E-state index contributed by atoms with van der Waals surface area (Å²) in [5.41, 5.74) is 26.2. The summed E-state index contributed by atoms with van der Waals surface area (Å²) in [7, 11) is 0. The van der Waals surface area contributed by atoms with Gasteiger partial charge in [0, 0.05) is 87.8 Å². The Bertz CT molecular complexity index is 6640. The van der Waals surface area contributed by atoms with Gasteiger partial charge in [0.25, 0.3) is 0 Å². The second-order valence-electron chi connectivity index (χ2n) is 25.4. The molecule has 0 atom stereocenters. The van der Waals surface area contributed by atoms with E-state index in [1.54, 1.807) is 0 Å². The van der Waals surface area contributed by atoms with Gasteiger partial charge in [-0.1, -0.05) is 218 Å². The highest BCUT2D eigenvalue weighted by Gasteiger charge is 2.26. The van der Waals surface area contributed by atoms with Crippen LogP contribution in [0, 0.1) is 0 Å².